The second-order valence-corrected chi connectivity index (χ2v) is 5.00. The van der Waals surface area contributed by atoms with Crippen molar-refractivity contribution in [3.05, 3.63) is 46.9 Å². The number of halogens is 2. The first-order valence-electron chi connectivity index (χ1n) is 6.10. The van der Waals surface area contributed by atoms with Crippen LogP contribution in [0.3, 0.4) is 0 Å². The van der Waals surface area contributed by atoms with Gasteiger partial charge >= 0.3 is 0 Å². The van der Waals surface area contributed by atoms with Gasteiger partial charge in [0, 0.05) is 12.2 Å². The molecule has 19 heavy (non-hydrogen) atoms. The minimum Gasteiger partial charge on any atom is -0.384 e. The molecule has 1 aromatic carbocycles. The van der Waals surface area contributed by atoms with Gasteiger partial charge in [-0.3, -0.25) is 4.98 Å². The van der Waals surface area contributed by atoms with Crippen LogP contribution in [0.4, 0.5) is 21.5 Å². The monoisotopic (exact) mass is 323 g/mol. The van der Waals surface area contributed by atoms with Gasteiger partial charge < -0.3 is 10.6 Å². The Balaban J connectivity index is 2.11. The summed E-state index contributed by atoms with van der Waals surface area (Å²) in [4.78, 5) is 4.15. The third-order valence-corrected chi connectivity index (χ3v) is 3.17. The molecule has 5 heteroatoms. The van der Waals surface area contributed by atoms with Gasteiger partial charge in [0.15, 0.2) is 0 Å². The Labute approximate surface area is 120 Å². The van der Waals surface area contributed by atoms with Crippen LogP contribution in [0.15, 0.2) is 41.1 Å². The molecule has 2 N–H and O–H groups in total. The molecule has 0 aliphatic rings. The molecular formula is C14H15BrFN3. The van der Waals surface area contributed by atoms with Crippen molar-refractivity contribution in [3.8, 4) is 0 Å². The molecule has 1 aromatic heterocycles. The van der Waals surface area contributed by atoms with E-state index in [2.05, 4.69) is 38.5 Å². The van der Waals surface area contributed by atoms with Crippen LogP contribution in [0, 0.1) is 5.82 Å². The van der Waals surface area contributed by atoms with E-state index in [4.69, 9.17) is 0 Å². The minimum atomic E-state index is -0.293. The Hall–Kier alpha value is -1.62. The Morgan fingerprint density at radius 3 is 2.68 bits per heavy atom. The van der Waals surface area contributed by atoms with Crippen LogP contribution in [0.25, 0.3) is 0 Å². The largest absolute Gasteiger partial charge is 0.384 e. The SMILES string of the molecule is CCCNc1cncc(Nc2ccc(Br)c(F)c2)c1. The van der Waals surface area contributed by atoms with Gasteiger partial charge in [0.2, 0.25) is 0 Å². The number of aromatic nitrogens is 1. The zero-order chi connectivity index (χ0) is 13.7. The van der Waals surface area contributed by atoms with E-state index in [0.29, 0.717) is 10.2 Å². The average molecular weight is 324 g/mol. The molecule has 0 atom stereocenters. The zero-order valence-electron chi connectivity index (χ0n) is 10.6. The van der Waals surface area contributed by atoms with Crippen LogP contribution < -0.4 is 10.6 Å². The molecule has 0 saturated heterocycles. The summed E-state index contributed by atoms with van der Waals surface area (Å²) in [5, 5.41) is 6.38. The summed E-state index contributed by atoms with van der Waals surface area (Å²) in [5.74, 6) is -0.293. The van der Waals surface area contributed by atoms with Gasteiger partial charge in [0.1, 0.15) is 5.82 Å². The van der Waals surface area contributed by atoms with Gasteiger partial charge in [-0.05, 0) is 46.6 Å². The highest BCUT2D eigenvalue weighted by Crippen LogP contribution is 2.23. The molecule has 0 aliphatic heterocycles. The average Bonchev–Trinajstić information content (AvgIpc) is 2.41. The number of pyridine rings is 1. The Morgan fingerprint density at radius 2 is 1.95 bits per heavy atom. The number of hydrogen-bond donors (Lipinski definition) is 2. The van der Waals surface area contributed by atoms with Gasteiger partial charge in [-0.25, -0.2) is 4.39 Å². The number of rotatable bonds is 5. The summed E-state index contributed by atoms with van der Waals surface area (Å²) in [6.07, 6.45) is 4.52. The maximum Gasteiger partial charge on any atom is 0.139 e. The van der Waals surface area contributed by atoms with Crippen molar-refractivity contribution >= 4 is 33.0 Å². The second kappa shape index (κ2) is 6.52. The number of nitrogens with one attached hydrogen (secondary N) is 2. The molecule has 0 unspecified atom stereocenters. The normalized spacial score (nSPS) is 10.3. The lowest BCUT2D eigenvalue weighted by atomic mass is 10.3. The fourth-order valence-corrected chi connectivity index (χ4v) is 1.86. The fraction of sp³-hybridized carbons (Fsp3) is 0.214. The molecular weight excluding hydrogens is 309 g/mol. The van der Waals surface area contributed by atoms with Crippen molar-refractivity contribution in [1.29, 1.82) is 0 Å². The lowest BCUT2D eigenvalue weighted by molar-refractivity contribution is 0.622. The lowest BCUT2D eigenvalue weighted by Crippen LogP contribution is -2.01. The molecule has 0 amide bonds. The number of benzene rings is 1. The summed E-state index contributed by atoms with van der Waals surface area (Å²) in [7, 11) is 0. The molecule has 0 spiro atoms. The van der Waals surface area contributed by atoms with E-state index in [1.807, 2.05) is 6.07 Å². The Morgan fingerprint density at radius 1 is 1.16 bits per heavy atom. The number of anilines is 3. The van der Waals surface area contributed by atoms with E-state index < -0.39 is 0 Å². The predicted molar refractivity (Wildman–Crippen MR) is 80.4 cm³/mol. The van der Waals surface area contributed by atoms with E-state index in [1.54, 1.807) is 24.5 Å². The van der Waals surface area contributed by atoms with Crippen molar-refractivity contribution < 1.29 is 4.39 Å². The molecule has 0 saturated carbocycles. The maximum absolute atomic E-state index is 13.4. The third kappa shape index (κ3) is 3.92. The van der Waals surface area contributed by atoms with Gasteiger partial charge in [-0.15, -0.1) is 0 Å². The standard InChI is InChI=1S/C14H15BrFN3/c1-2-5-18-11-6-12(9-17-8-11)19-10-3-4-13(15)14(16)7-10/h3-4,6-9,18-19H,2,5H2,1H3. The number of nitrogens with zero attached hydrogens (tertiary/aromatic N) is 1. The van der Waals surface area contributed by atoms with Crippen molar-refractivity contribution in [2.75, 3.05) is 17.2 Å². The number of hydrogen-bond acceptors (Lipinski definition) is 3. The molecule has 0 radical (unpaired) electrons. The Bertz CT molecular complexity index is 560. The molecule has 0 fully saturated rings. The maximum atomic E-state index is 13.4. The summed E-state index contributed by atoms with van der Waals surface area (Å²) in [5.41, 5.74) is 2.46. The minimum absolute atomic E-state index is 0.293. The van der Waals surface area contributed by atoms with Crippen LogP contribution in [0.1, 0.15) is 13.3 Å². The molecule has 1 heterocycles. The summed E-state index contributed by atoms with van der Waals surface area (Å²) in [6, 6.07) is 6.86. The quantitative estimate of drug-likeness (QED) is 0.847. The fourth-order valence-electron chi connectivity index (χ4n) is 1.61. The Kier molecular flexibility index (Phi) is 4.74. The zero-order valence-corrected chi connectivity index (χ0v) is 12.2. The molecule has 0 bridgehead atoms. The van der Waals surface area contributed by atoms with Crippen molar-refractivity contribution in [3.63, 3.8) is 0 Å². The summed E-state index contributed by atoms with van der Waals surface area (Å²) < 4.78 is 13.9. The van der Waals surface area contributed by atoms with Gasteiger partial charge in [0.05, 0.1) is 28.2 Å². The van der Waals surface area contributed by atoms with Crippen LogP contribution in [-0.2, 0) is 0 Å². The molecule has 2 aromatic rings. The highest BCUT2D eigenvalue weighted by atomic mass is 79.9. The lowest BCUT2D eigenvalue weighted by Gasteiger charge is -2.09. The van der Waals surface area contributed by atoms with Gasteiger partial charge in [-0.1, -0.05) is 6.92 Å². The predicted octanol–water partition coefficient (Wildman–Crippen LogP) is 4.55. The van der Waals surface area contributed by atoms with E-state index in [9.17, 15) is 4.39 Å². The topological polar surface area (TPSA) is 37.0 Å². The highest BCUT2D eigenvalue weighted by Gasteiger charge is 2.02. The van der Waals surface area contributed by atoms with Crippen LogP contribution in [0.5, 0.6) is 0 Å². The third-order valence-electron chi connectivity index (χ3n) is 2.53. The molecule has 100 valence electrons. The van der Waals surface area contributed by atoms with E-state index >= 15 is 0 Å². The highest BCUT2D eigenvalue weighted by molar-refractivity contribution is 9.10. The van der Waals surface area contributed by atoms with Gasteiger partial charge in [-0.2, -0.15) is 0 Å². The first-order valence-corrected chi connectivity index (χ1v) is 6.89. The van der Waals surface area contributed by atoms with Crippen molar-refractivity contribution in [1.82, 2.24) is 4.98 Å². The second-order valence-electron chi connectivity index (χ2n) is 4.14. The van der Waals surface area contributed by atoms with Crippen molar-refractivity contribution in [2.45, 2.75) is 13.3 Å². The first-order chi connectivity index (χ1) is 9.19. The van der Waals surface area contributed by atoms with Crippen LogP contribution >= 0.6 is 15.9 Å². The van der Waals surface area contributed by atoms with E-state index in [-0.39, 0.29) is 5.82 Å². The van der Waals surface area contributed by atoms with Crippen LogP contribution in [0.2, 0.25) is 0 Å². The van der Waals surface area contributed by atoms with E-state index in [0.717, 1.165) is 24.3 Å². The first kappa shape index (κ1) is 13.8. The van der Waals surface area contributed by atoms with Gasteiger partial charge in [0.25, 0.3) is 0 Å². The molecule has 3 nitrogen and oxygen atoms in total. The van der Waals surface area contributed by atoms with Crippen molar-refractivity contribution in [2.24, 2.45) is 0 Å². The molecule has 2 rings (SSSR count). The summed E-state index contributed by atoms with van der Waals surface area (Å²) >= 11 is 3.13. The smallest absolute Gasteiger partial charge is 0.139 e. The van der Waals surface area contributed by atoms with Crippen LogP contribution in [-0.4, -0.2) is 11.5 Å². The molecule has 0 aliphatic carbocycles. The summed E-state index contributed by atoms with van der Waals surface area (Å²) in [6.45, 7) is 3.01. The van der Waals surface area contributed by atoms with E-state index in [1.165, 1.54) is 6.07 Å².